The van der Waals surface area contributed by atoms with Gasteiger partial charge in [0, 0.05) is 19.8 Å². The van der Waals surface area contributed by atoms with Gasteiger partial charge in [-0.2, -0.15) is 0 Å². The predicted molar refractivity (Wildman–Crippen MR) is 70.5 cm³/mol. The van der Waals surface area contributed by atoms with Crippen LogP contribution >= 0.6 is 0 Å². The first kappa shape index (κ1) is 14.0. The summed E-state index contributed by atoms with van der Waals surface area (Å²) in [5.74, 6) is 0.939. The highest BCUT2D eigenvalue weighted by molar-refractivity contribution is 5.28. The molecule has 1 atom stereocenters. The number of ether oxygens (including phenoxy) is 2. The van der Waals surface area contributed by atoms with Crippen molar-refractivity contribution in [3.8, 4) is 5.75 Å². The van der Waals surface area contributed by atoms with E-state index in [2.05, 4.69) is 24.4 Å². The molecule has 0 amide bonds. The van der Waals surface area contributed by atoms with Crippen LogP contribution in [0.15, 0.2) is 24.3 Å². The Morgan fingerprint density at radius 2 is 1.76 bits per heavy atom. The summed E-state index contributed by atoms with van der Waals surface area (Å²) in [7, 11) is 3.69. The minimum absolute atomic E-state index is 0.380. The van der Waals surface area contributed by atoms with E-state index in [4.69, 9.17) is 9.47 Å². The second-order valence-electron chi connectivity index (χ2n) is 4.13. The lowest BCUT2D eigenvalue weighted by Crippen LogP contribution is -2.11. The average Bonchev–Trinajstić information content (AvgIpc) is 2.38. The molecule has 17 heavy (non-hydrogen) atoms. The number of methoxy groups -OCH3 is 1. The molecular weight excluding hydrogens is 214 g/mol. The van der Waals surface area contributed by atoms with E-state index >= 15 is 0 Å². The van der Waals surface area contributed by atoms with E-state index in [0.29, 0.717) is 6.04 Å². The highest BCUT2D eigenvalue weighted by atomic mass is 16.5. The van der Waals surface area contributed by atoms with Gasteiger partial charge in [-0.3, -0.25) is 0 Å². The summed E-state index contributed by atoms with van der Waals surface area (Å²) in [5.41, 5.74) is 1.28. The van der Waals surface area contributed by atoms with Crippen molar-refractivity contribution in [1.29, 1.82) is 0 Å². The van der Waals surface area contributed by atoms with Crippen molar-refractivity contribution in [3.63, 3.8) is 0 Å². The largest absolute Gasteiger partial charge is 0.494 e. The molecule has 0 saturated carbocycles. The van der Waals surface area contributed by atoms with Crippen molar-refractivity contribution in [3.05, 3.63) is 29.8 Å². The van der Waals surface area contributed by atoms with Crippen LogP contribution in [0.4, 0.5) is 0 Å². The van der Waals surface area contributed by atoms with Crippen LogP contribution in [0.3, 0.4) is 0 Å². The predicted octanol–water partition coefficient (Wildman–Crippen LogP) is 2.77. The Morgan fingerprint density at radius 3 is 2.35 bits per heavy atom. The van der Waals surface area contributed by atoms with Crippen molar-refractivity contribution in [2.75, 3.05) is 27.4 Å². The highest BCUT2D eigenvalue weighted by Gasteiger charge is 2.01. The molecule has 1 aromatic carbocycles. The number of benzene rings is 1. The van der Waals surface area contributed by atoms with Crippen LogP contribution in [0, 0.1) is 0 Å². The summed E-state index contributed by atoms with van der Waals surface area (Å²) in [6.45, 7) is 3.70. The third-order valence-corrected chi connectivity index (χ3v) is 2.82. The minimum atomic E-state index is 0.380. The van der Waals surface area contributed by atoms with E-state index < -0.39 is 0 Å². The van der Waals surface area contributed by atoms with Gasteiger partial charge in [0.25, 0.3) is 0 Å². The van der Waals surface area contributed by atoms with Gasteiger partial charge in [0.1, 0.15) is 5.75 Å². The van der Waals surface area contributed by atoms with Gasteiger partial charge in [-0.25, -0.2) is 0 Å². The van der Waals surface area contributed by atoms with Crippen LogP contribution < -0.4 is 10.1 Å². The van der Waals surface area contributed by atoms with Gasteiger partial charge >= 0.3 is 0 Å². The first-order chi connectivity index (χ1) is 8.27. The lowest BCUT2D eigenvalue weighted by atomic mass is 10.1. The Hall–Kier alpha value is -1.06. The molecule has 0 saturated heterocycles. The lowest BCUT2D eigenvalue weighted by Gasteiger charge is -2.11. The van der Waals surface area contributed by atoms with Crippen molar-refractivity contribution < 1.29 is 9.47 Å². The van der Waals surface area contributed by atoms with Gasteiger partial charge in [-0.1, -0.05) is 12.1 Å². The zero-order chi connectivity index (χ0) is 12.5. The lowest BCUT2D eigenvalue weighted by molar-refractivity contribution is 0.184. The summed E-state index contributed by atoms with van der Waals surface area (Å²) in [6.07, 6.45) is 2.08. The Balaban J connectivity index is 2.30. The molecule has 0 aliphatic carbocycles. The molecule has 1 rings (SSSR count). The molecule has 3 heteroatoms. The number of unbranched alkanes of at least 4 members (excludes halogenated alkanes) is 1. The maximum atomic E-state index is 5.64. The van der Waals surface area contributed by atoms with Crippen LogP contribution in [-0.2, 0) is 4.74 Å². The van der Waals surface area contributed by atoms with Crippen molar-refractivity contribution in [2.45, 2.75) is 25.8 Å². The maximum absolute atomic E-state index is 5.64. The molecule has 1 unspecified atom stereocenters. The van der Waals surface area contributed by atoms with Crippen molar-refractivity contribution in [2.24, 2.45) is 0 Å². The number of rotatable bonds is 8. The van der Waals surface area contributed by atoms with E-state index in [9.17, 15) is 0 Å². The molecule has 96 valence electrons. The van der Waals surface area contributed by atoms with Gasteiger partial charge in [0.2, 0.25) is 0 Å². The molecule has 0 spiro atoms. The zero-order valence-electron chi connectivity index (χ0n) is 11.0. The van der Waals surface area contributed by atoms with Crippen LogP contribution in [-0.4, -0.2) is 27.4 Å². The van der Waals surface area contributed by atoms with Crippen LogP contribution in [0.5, 0.6) is 5.75 Å². The number of hydrogen-bond donors (Lipinski definition) is 1. The van der Waals surface area contributed by atoms with Crippen LogP contribution in [0.1, 0.15) is 31.4 Å². The zero-order valence-corrected chi connectivity index (χ0v) is 11.0. The van der Waals surface area contributed by atoms with E-state index in [1.54, 1.807) is 7.11 Å². The smallest absolute Gasteiger partial charge is 0.119 e. The van der Waals surface area contributed by atoms with E-state index in [1.807, 2.05) is 19.2 Å². The molecule has 0 radical (unpaired) electrons. The number of hydrogen-bond acceptors (Lipinski definition) is 3. The standard InChI is InChI=1S/C14H23NO2/c1-12(15-2)13-6-8-14(9-7-13)17-11-5-4-10-16-3/h6-9,12,15H,4-5,10-11H2,1-3H3. The van der Waals surface area contributed by atoms with Crippen molar-refractivity contribution in [1.82, 2.24) is 5.32 Å². The molecule has 0 heterocycles. The Kier molecular flexibility index (Phi) is 6.67. The molecule has 1 N–H and O–H groups in total. The molecule has 0 fully saturated rings. The Labute approximate surface area is 104 Å². The summed E-state index contributed by atoms with van der Waals surface area (Å²) >= 11 is 0. The highest BCUT2D eigenvalue weighted by Crippen LogP contribution is 2.17. The fourth-order valence-corrected chi connectivity index (χ4v) is 1.56. The fourth-order valence-electron chi connectivity index (χ4n) is 1.56. The molecule has 3 nitrogen and oxygen atoms in total. The summed E-state index contributed by atoms with van der Waals surface area (Å²) in [4.78, 5) is 0. The minimum Gasteiger partial charge on any atom is -0.494 e. The normalized spacial score (nSPS) is 12.4. The third-order valence-electron chi connectivity index (χ3n) is 2.82. The monoisotopic (exact) mass is 237 g/mol. The van der Waals surface area contributed by atoms with Crippen LogP contribution in [0.2, 0.25) is 0 Å². The second kappa shape index (κ2) is 8.09. The number of nitrogens with one attached hydrogen (secondary N) is 1. The van der Waals surface area contributed by atoms with Gasteiger partial charge < -0.3 is 14.8 Å². The molecule has 0 aliphatic rings. The van der Waals surface area contributed by atoms with Crippen LogP contribution in [0.25, 0.3) is 0 Å². The maximum Gasteiger partial charge on any atom is 0.119 e. The third kappa shape index (κ3) is 5.20. The Bertz CT molecular complexity index is 298. The molecule has 0 bridgehead atoms. The quantitative estimate of drug-likeness (QED) is 0.705. The average molecular weight is 237 g/mol. The van der Waals surface area contributed by atoms with Crippen molar-refractivity contribution >= 4 is 0 Å². The fraction of sp³-hybridized carbons (Fsp3) is 0.571. The van der Waals surface area contributed by atoms with Gasteiger partial charge in [-0.05, 0) is 44.5 Å². The van der Waals surface area contributed by atoms with E-state index in [1.165, 1.54) is 5.56 Å². The van der Waals surface area contributed by atoms with Gasteiger partial charge in [0.05, 0.1) is 6.61 Å². The SMILES string of the molecule is CNC(C)c1ccc(OCCCCOC)cc1. The second-order valence-corrected chi connectivity index (χ2v) is 4.13. The van der Waals surface area contributed by atoms with E-state index in [-0.39, 0.29) is 0 Å². The Morgan fingerprint density at radius 1 is 1.12 bits per heavy atom. The molecule has 0 aliphatic heterocycles. The molecule has 0 aromatic heterocycles. The molecule has 1 aromatic rings. The summed E-state index contributed by atoms with van der Waals surface area (Å²) < 4.78 is 10.6. The van der Waals surface area contributed by atoms with Gasteiger partial charge in [-0.15, -0.1) is 0 Å². The van der Waals surface area contributed by atoms with E-state index in [0.717, 1.165) is 31.8 Å². The van der Waals surface area contributed by atoms with Gasteiger partial charge in [0.15, 0.2) is 0 Å². The first-order valence-electron chi connectivity index (χ1n) is 6.17. The molecular formula is C14H23NO2. The summed E-state index contributed by atoms with van der Waals surface area (Å²) in [5, 5.41) is 3.21. The topological polar surface area (TPSA) is 30.5 Å². The summed E-state index contributed by atoms with van der Waals surface area (Å²) in [6, 6.07) is 8.64. The first-order valence-corrected chi connectivity index (χ1v) is 6.17.